The fourth-order valence-electron chi connectivity index (χ4n) is 4.43. The van der Waals surface area contributed by atoms with E-state index in [4.69, 9.17) is 4.74 Å². The second-order valence-electron chi connectivity index (χ2n) is 8.31. The van der Waals surface area contributed by atoms with Crippen molar-refractivity contribution in [3.8, 4) is 0 Å². The van der Waals surface area contributed by atoms with Gasteiger partial charge in [0, 0.05) is 56.4 Å². The first-order chi connectivity index (χ1) is 15.3. The van der Waals surface area contributed by atoms with E-state index in [-0.39, 0.29) is 0 Å². The number of nitrogens with one attached hydrogen (secondary N) is 1. The maximum Gasteiger partial charge on any atom is 0.128 e. The molecule has 1 atom stereocenters. The van der Waals surface area contributed by atoms with Crippen LogP contribution >= 0.6 is 0 Å². The third-order valence-electron chi connectivity index (χ3n) is 6.07. The molecule has 162 valence electrons. The highest BCUT2D eigenvalue weighted by atomic mass is 16.5. The maximum absolute atomic E-state index is 5.48. The van der Waals surface area contributed by atoms with E-state index in [2.05, 4.69) is 67.8 Å². The lowest BCUT2D eigenvalue weighted by Crippen LogP contribution is -2.42. The van der Waals surface area contributed by atoms with Crippen molar-refractivity contribution in [3.63, 3.8) is 0 Å². The molecule has 2 aliphatic heterocycles. The van der Waals surface area contributed by atoms with E-state index >= 15 is 0 Å². The predicted octanol–water partition coefficient (Wildman–Crippen LogP) is 3.24. The number of hydrogen-bond donors (Lipinski definition) is 1. The second kappa shape index (κ2) is 9.39. The van der Waals surface area contributed by atoms with E-state index in [0.29, 0.717) is 6.04 Å². The van der Waals surface area contributed by atoms with Crippen LogP contribution in [0, 0.1) is 0 Å². The molecule has 0 aliphatic carbocycles. The zero-order chi connectivity index (χ0) is 20.9. The SMILES string of the molecule is c1ccc(Cn2cc(N3CCC[C@@H](Nc4cc(N5CCOCC5)ccn4)C3)cn2)cc1. The van der Waals surface area contributed by atoms with Gasteiger partial charge in [0.05, 0.1) is 31.6 Å². The zero-order valence-electron chi connectivity index (χ0n) is 17.9. The molecule has 0 unspecified atom stereocenters. The van der Waals surface area contributed by atoms with Crippen molar-refractivity contribution in [1.29, 1.82) is 0 Å². The summed E-state index contributed by atoms with van der Waals surface area (Å²) in [6, 6.07) is 15.1. The number of benzene rings is 1. The van der Waals surface area contributed by atoms with Crippen LogP contribution in [-0.4, -0.2) is 60.2 Å². The number of piperidine rings is 1. The lowest BCUT2D eigenvalue weighted by atomic mass is 10.1. The molecule has 0 saturated carbocycles. The summed E-state index contributed by atoms with van der Waals surface area (Å²) in [6.45, 7) is 6.29. The summed E-state index contributed by atoms with van der Waals surface area (Å²) in [5.41, 5.74) is 3.68. The summed E-state index contributed by atoms with van der Waals surface area (Å²) in [5, 5.41) is 8.25. The molecule has 7 nitrogen and oxygen atoms in total. The van der Waals surface area contributed by atoms with Crippen LogP contribution in [0.5, 0.6) is 0 Å². The summed E-state index contributed by atoms with van der Waals surface area (Å²) in [5.74, 6) is 0.954. The minimum atomic E-state index is 0.374. The minimum Gasteiger partial charge on any atom is -0.378 e. The first-order valence-electron chi connectivity index (χ1n) is 11.2. The van der Waals surface area contributed by atoms with Gasteiger partial charge in [-0.2, -0.15) is 5.10 Å². The van der Waals surface area contributed by atoms with Crippen molar-refractivity contribution in [2.24, 2.45) is 0 Å². The minimum absolute atomic E-state index is 0.374. The van der Waals surface area contributed by atoms with Gasteiger partial charge in [-0.3, -0.25) is 4.68 Å². The second-order valence-corrected chi connectivity index (χ2v) is 8.31. The van der Waals surface area contributed by atoms with Gasteiger partial charge in [-0.1, -0.05) is 30.3 Å². The molecule has 31 heavy (non-hydrogen) atoms. The molecule has 0 amide bonds. The highest BCUT2D eigenvalue weighted by Crippen LogP contribution is 2.23. The number of morpholine rings is 1. The Balaban J connectivity index is 1.21. The van der Waals surface area contributed by atoms with Gasteiger partial charge >= 0.3 is 0 Å². The van der Waals surface area contributed by atoms with Gasteiger partial charge < -0.3 is 19.9 Å². The molecule has 4 heterocycles. The average molecular weight is 419 g/mol. The van der Waals surface area contributed by atoms with Crippen LogP contribution in [0.1, 0.15) is 18.4 Å². The Kier molecular flexibility index (Phi) is 6.02. The number of pyridine rings is 1. The van der Waals surface area contributed by atoms with E-state index in [0.717, 1.165) is 64.6 Å². The van der Waals surface area contributed by atoms with Crippen molar-refractivity contribution < 1.29 is 4.74 Å². The Morgan fingerprint density at radius 3 is 2.74 bits per heavy atom. The van der Waals surface area contributed by atoms with E-state index in [1.165, 1.54) is 16.9 Å². The third kappa shape index (κ3) is 4.99. The van der Waals surface area contributed by atoms with Crippen LogP contribution in [0.2, 0.25) is 0 Å². The number of hydrogen-bond acceptors (Lipinski definition) is 6. The number of ether oxygens (including phenoxy) is 1. The van der Waals surface area contributed by atoms with Crippen LogP contribution in [-0.2, 0) is 11.3 Å². The molecule has 7 heteroatoms. The highest BCUT2D eigenvalue weighted by Gasteiger charge is 2.22. The van der Waals surface area contributed by atoms with E-state index in [9.17, 15) is 0 Å². The normalized spacial score (nSPS) is 19.4. The van der Waals surface area contributed by atoms with Crippen LogP contribution in [0.25, 0.3) is 0 Å². The number of anilines is 3. The van der Waals surface area contributed by atoms with E-state index < -0.39 is 0 Å². The quantitative estimate of drug-likeness (QED) is 0.663. The lowest BCUT2D eigenvalue weighted by molar-refractivity contribution is 0.122. The Hall–Kier alpha value is -3.06. The van der Waals surface area contributed by atoms with Crippen LogP contribution in [0.4, 0.5) is 17.2 Å². The molecular formula is C24H30N6O. The Morgan fingerprint density at radius 2 is 1.87 bits per heavy atom. The van der Waals surface area contributed by atoms with Crippen LogP contribution < -0.4 is 15.1 Å². The molecule has 2 aliphatic rings. The zero-order valence-corrected chi connectivity index (χ0v) is 17.9. The Morgan fingerprint density at radius 1 is 1.00 bits per heavy atom. The molecule has 0 spiro atoms. The molecule has 2 saturated heterocycles. The molecule has 2 aromatic heterocycles. The number of aromatic nitrogens is 3. The Labute approximate surface area is 183 Å². The first-order valence-corrected chi connectivity index (χ1v) is 11.2. The van der Waals surface area contributed by atoms with Gasteiger partial charge in [-0.15, -0.1) is 0 Å². The molecule has 1 N–H and O–H groups in total. The molecular weight excluding hydrogens is 388 g/mol. The average Bonchev–Trinajstić information content (AvgIpc) is 3.29. The Bertz CT molecular complexity index is 969. The van der Waals surface area contributed by atoms with Crippen LogP contribution in [0.3, 0.4) is 0 Å². The standard InChI is InChI=1S/C24H30N6O/c1-2-5-20(6-3-1)17-30-19-23(16-26-30)29-10-4-7-21(18-29)27-24-15-22(8-9-25-24)28-11-13-31-14-12-28/h1-3,5-6,8-9,15-16,19,21H,4,7,10-14,17-18H2,(H,25,27)/t21-/m1/s1. The molecule has 5 rings (SSSR count). The fourth-order valence-corrected chi connectivity index (χ4v) is 4.43. The van der Waals surface area contributed by atoms with Crippen molar-refractivity contribution in [1.82, 2.24) is 14.8 Å². The number of rotatable bonds is 6. The summed E-state index contributed by atoms with van der Waals surface area (Å²) in [4.78, 5) is 9.37. The summed E-state index contributed by atoms with van der Waals surface area (Å²) >= 11 is 0. The van der Waals surface area contributed by atoms with Gasteiger partial charge in [0.1, 0.15) is 5.82 Å². The first kappa shape index (κ1) is 19.9. The molecule has 1 aromatic carbocycles. The lowest BCUT2D eigenvalue weighted by Gasteiger charge is -2.34. The molecule has 0 bridgehead atoms. The van der Waals surface area contributed by atoms with E-state index in [1.54, 1.807) is 0 Å². The van der Waals surface area contributed by atoms with E-state index in [1.807, 2.05) is 23.1 Å². The van der Waals surface area contributed by atoms with Gasteiger partial charge in [0.15, 0.2) is 0 Å². The molecule has 3 aromatic rings. The molecule has 2 fully saturated rings. The van der Waals surface area contributed by atoms with Crippen molar-refractivity contribution in [2.45, 2.75) is 25.4 Å². The van der Waals surface area contributed by atoms with Gasteiger partial charge in [0.2, 0.25) is 0 Å². The van der Waals surface area contributed by atoms with Crippen molar-refractivity contribution >= 4 is 17.2 Å². The summed E-state index contributed by atoms with van der Waals surface area (Å²) in [7, 11) is 0. The third-order valence-corrected chi connectivity index (χ3v) is 6.07. The van der Waals surface area contributed by atoms with Gasteiger partial charge in [0.25, 0.3) is 0 Å². The number of nitrogens with zero attached hydrogens (tertiary/aromatic N) is 5. The topological polar surface area (TPSA) is 58.5 Å². The fraction of sp³-hybridized carbons (Fsp3) is 0.417. The summed E-state index contributed by atoms with van der Waals surface area (Å²) < 4.78 is 7.50. The summed E-state index contributed by atoms with van der Waals surface area (Å²) in [6.07, 6.45) is 8.36. The molecule has 0 radical (unpaired) electrons. The van der Waals surface area contributed by atoms with Crippen molar-refractivity contribution in [3.05, 3.63) is 66.6 Å². The predicted molar refractivity (Wildman–Crippen MR) is 124 cm³/mol. The smallest absolute Gasteiger partial charge is 0.128 e. The van der Waals surface area contributed by atoms with Gasteiger partial charge in [-0.25, -0.2) is 4.98 Å². The highest BCUT2D eigenvalue weighted by molar-refractivity contribution is 5.55. The largest absolute Gasteiger partial charge is 0.378 e. The maximum atomic E-state index is 5.48. The van der Waals surface area contributed by atoms with Crippen LogP contribution in [0.15, 0.2) is 61.1 Å². The van der Waals surface area contributed by atoms with Gasteiger partial charge in [-0.05, 0) is 24.5 Å². The van der Waals surface area contributed by atoms with Crippen molar-refractivity contribution in [2.75, 3.05) is 54.5 Å². The monoisotopic (exact) mass is 418 g/mol.